The SMILES string of the molecule is O=C(CCCSC(=O)OCOC(=O)C1CCCCC1)OCOC(=O)C1CCCCC1. The van der Waals surface area contributed by atoms with Crippen LogP contribution in [0.1, 0.15) is 77.0 Å². The maximum Gasteiger partial charge on any atom is 0.370 e. The van der Waals surface area contributed by atoms with E-state index in [1.807, 2.05) is 0 Å². The van der Waals surface area contributed by atoms with Crippen molar-refractivity contribution in [2.45, 2.75) is 77.0 Å². The van der Waals surface area contributed by atoms with Crippen LogP contribution in [0.25, 0.3) is 0 Å². The highest BCUT2D eigenvalue weighted by Gasteiger charge is 2.23. The van der Waals surface area contributed by atoms with Crippen LogP contribution in [0.2, 0.25) is 0 Å². The van der Waals surface area contributed by atoms with Crippen molar-refractivity contribution >= 4 is 35.0 Å². The van der Waals surface area contributed by atoms with Crippen LogP contribution in [0.15, 0.2) is 0 Å². The van der Waals surface area contributed by atoms with Crippen LogP contribution in [0.3, 0.4) is 0 Å². The van der Waals surface area contributed by atoms with Gasteiger partial charge in [0.05, 0.1) is 11.8 Å². The zero-order valence-electron chi connectivity index (χ0n) is 17.4. The molecule has 30 heavy (non-hydrogen) atoms. The first-order valence-electron chi connectivity index (χ1n) is 10.8. The molecule has 0 aliphatic heterocycles. The molecule has 2 aliphatic carbocycles. The van der Waals surface area contributed by atoms with Gasteiger partial charge in [-0.3, -0.25) is 14.4 Å². The van der Waals surface area contributed by atoms with E-state index in [0.29, 0.717) is 12.2 Å². The van der Waals surface area contributed by atoms with Gasteiger partial charge in [-0.25, -0.2) is 4.79 Å². The molecule has 0 aromatic rings. The first-order chi connectivity index (χ1) is 14.6. The van der Waals surface area contributed by atoms with Gasteiger partial charge in [-0.2, -0.15) is 0 Å². The van der Waals surface area contributed by atoms with Crippen LogP contribution in [-0.4, -0.2) is 42.5 Å². The van der Waals surface area contributed by atoms with Crippen LogP contribution in [-0.2, 0) is 33.3 Å². The zero-order chi connectivity index (χ0) is 21.6. The molecular formula is C21H32O8S. The maximum atomic E-state index is 11.8. The van der Waals surface area contributed by atoms with Crippen molar-refractivity contribution in [3.05, 3.63) is 0 Å². The molecule has 2 rings (SSSR count). The summed E-state index contributed by atoms with van der Waals surface area (Å²) in [6, 6.07) is 0. The minimum atomic E-state index is -0.554. The number of esters is 3. The van der Waals surface area contributed by atoms with E-state index in [9.17, 15) is 19.2 Å². The average molecular weight is 445 g/mol. The van der Waals surface area contributed by atoms with Crippen molar-refractivity contribution in [1.82, 2.24) is 0 Å². The van der Waals surface area contributed by atoms with Gasteiger partial charge in [-0.1, -0.05) is 38.5 Å². The summed E-state index contributed by atoms with van der Waals surface area (Å²) in [6.45, 7) is -0.745. The van der Waals surface area contributed by atoms with Gasteiger partial charge in [-0.05, 0) is 43.9 Å². The first kappa shape index (κ1) is 24.5. The van der Waals surface area contributed by atoms with Crippen LogP contribution in [0.5, 0.6) is 0 Å². The zero-order valence-corrected chi connectivity index (χ0v) is 18.3. The van der Waals surface area contributed by atoms with E-state index in [4.69, 9.17) is 18.9 Å². The topological polar surface area (TPSA) is 105 Å². The van der Waals surface area contributed by atoms with Gasteiger partial charge in [0.25, 0.3) is 0 Å². The summed E-state index contributed by atoms with van der Waals surface area (Å²) in [4.78, 5) is 46.9. The first-order valence-corrected chi connectivity index (χ1v) is 11.8. The Kier molecular flexibility index (Phi) is 11.7. The highest BCUT2D eigenvalue weighted by atomic mass is 32.2. The molecule has 0 saturated heterocycles. The quantitative estimate of drug-likeness (QED) is 0.276. The molecule has 0 radical (unpaired) electrons. The molecule has 2 saturated carbocycles. The monoisotopic (exact) mass is 444 g/mol. The lowest BCUT2D eigenvalue weighted by Gasteiger charge is -2.19. The number of carbonyl (C=O) groups is 4. The Morgan fingerprint density at radius 3 is 1.70 bits per heavy atom. The van der Waals surface area contributed by atoms with Crippen molar-refractivity contribution < 1.29 is 38.1 Å². The molecule has 9 heteroatoms. The van der Waals surface area contributed by atoms with Gasteiger partial charge in [0.2, 0.25) is 13.6 Å². The van der Waals surface area contributed by atoms with Gasteiger partial charge in [0, 0.05) is 12.2 Å². The minimum absolute atomic E-state index is 0.0817. The minimum Gasteiger partial charge on any atom is -0.428 e. The highest BCUT2D eigenvalue weighted by molar-refractivity contribution is 8.13. The normalized spacial score (nSPS) is 17.7. The summed E-state index contributed by atoms with van der Waals surface area (Å²) >= 11 is 0.908. The second kappa shape index (κ2) is 14.3. The predicted molar refractivity (Wildman–Crippen MR) is 109 cm³/mol. The Morgan fingerprint density at radius 1 is 0.667 bits per heavy atom. The Labute approximate surface area is 181 Å². The second-order valence-corrected chi connectivity index (χ2v) is 8.73. The fraction of sp³-hybridized carbons (Fsp3) is 0.810. The fourth-order valence-electron chi connectivity index (χ4n) is 3.69. The third-order valence-electron chi connectivity index (χ3n) is 5.42. The number of carbonyl (C=O) groups excluding carboxylic acids is 4. The predicted octanol–water partition coefficient (Wildman–Crippen LogP) is 4.34. The third kappa shape index (κ3) is 9.82. The summed E-state index contributed by atoms with van der Waals surface area (Å²) < 4.78 is 19.8. The van der Waals surface area contributed by atoms with E-state index >= 15 is 0 Å². The van der Waals surface area contributed by atoms with Crippen molar-refractivity contribution in [2.75, 3.05) is 19.3 Å². The summed E-state index contributed by atoms with van der Waals surface area (Å²) in [5.74, 6) is -0.891. The van der Waals surface area contributed by atoms with Crippen LogP contribution >= 0.6 is 11.8 Å². The van der Waals surface area contributed by atoms with Gasteiger partial charge >= 0.3 is 23.2 Å². The molecule has 2 aliphatic rings. The molecule has 0 atom stereocenters. The highest BCUT2D eigenvalue weighted by Crippen LogP contribution is 2.25. The lowest BCUT2D eigenvalue weighted by Crippen LogP contribution is -2.22. The van der Waals surface area contributed by atoms with Crippen molar-refractivity contribution in [2.24, 2.45) is 11.8 Å². The molecule has 0 bridgehead atoms. The molecule has 170 valence electrons. The standard InChI is InChI=1S/C21H32O8S/c22-18(26-14-27-19(23)16-8-3-1-4-9-16)12-7-13-30-21(25)29-15-28-20(24)17-10-5-2-6-11-17/h16-17H,1-15H2. The fourth-order valence-corrected chi connectivity index (χ4v) is 4.27. The Hall–Kier alpha value is -1.77. The summed E-state index contributed by atoms with van der Waals surface area (Å²) in [5.41, 5.74) is 0. The van der Waals surface area contributed by atoms with Gasteiger partial charge in [0.1, 0.15) is 0 Å². The molecule has 0 aromatic heterocycles. The lowest BCUT2D eigenvalue weighted by atomic mass is 9.89. The molecule has 0 spiro atoms. The molecule has 0 heterocycles. The largest absolute Gasteiger partial charge is 0.428 e. The van der Waals surface area contributed by atoms with Crippen LogP contribution < -0.4 is 0 Å². The Balaban J connectivity index is 1.43. The lowest BCUT2D eigenvalue weighted by molar-refractivity contribution is -0.171. The number of hydrogen-bond donors (Lipinski definition) is 0. The number of rotatable bonds is 10. The summed E-state index contributed by atoms with van der Waals surface area (Å²) in [6.07, 6.45) is 10.3. The van der Waals surface area contributed by atoms with E-state index in [1.165, 1.54) is 0 Å². The molecule has 2 fully saturated rings. The average Bonchev–Trinajstić information content (AvgIpc) is 2.77. The maximum absolute atomic E-state index is 11.8. The van der Waals surface area contributed by atoms with Gasteiger partial charge in [0.15, 0.2) is 0 Å². The van der Waals surface area contributed by atoms with Gasteiger partial charge < -0.3 is 18.9 Å². The molecule has 0 amide bonds. The van der Waals surface area contributed by atoms with Gasteiger partial charge in [-0.15, -0.1) is 0 Å². The third-order valence-corrected chi connectivity index (χ3v) is 6.27. The number of hydrogen-bond acceptors (Lipinski definition) is 9. The Morgan fingerprint density at radius 2 is 1.17 bits per heavy atom. The number of ether oxygens (including phenoxy) is 4. The van der Waals surface area contributed by atoms with Crippen LogP contribution in [0.4, 0.5) is 4.79 Å². The van der Waals surface area contributed by atoms with E-state index in [-0.39, 0.29) is 43.8 Å². The van der Waals surface area contributed by atoms with Crippen LogP contribution in [0, 0.1) is 11.8 Å². The molecule has 0 aromatic carbocycles. The smallest absolute Gasteiger partial charge is 0.370 e. The van der Waals surface area contributed by atoms with Crippen molar-refractivity contribution in [3.63, 3.8) is 0 Å². The van der Waals surface area contributed by atoms with E-state index in [1.54, 1.807) is 0 Å². The summed E-state index contributed by atoms with van der Waals surface area (Å²) in [5, 5.41) is -0.554. The molecular weight excluding hydrogens is 412 g/mol. The second-order valence-electron chi connectivity index (χ2n) is 7.70. The Bertz CT molecular complexity index is 517. The van der Waals surface area contributed by atoms with Crippen molar-refractivity contribution in [1.29, 1.82) is 0 Å². The van der Waals surface area contributed by atoms with E-state index in [2.05, 4.69) is 0 Å². The molecule has 0 N–H and O–H groups in total. The summed E-state index contributed by atoms with van der Waals surface area (Å²) in [7, 11) is 0. The molecule has 0 unspecified atom stereocenters. The molecule has 8 nitrogen and oxygen atoms in total. The van der Waals surface area contributed by atoms with E-state index in [0.717, 1.165) is 76.0 Å². The van der Waals surface area contributed by atoms with E-state index < -0.39 is 11.3 Å². The number of thioether (sulfide) groups is 1. The van der Waals surface area contributed by atoms with Crippen molar-refractivity contribution in [3.8, 4) is 0 Å².